The number of alkyl halides is 2. The minimum Gasteiger partial charge on any atom is -0.236 e. The smallest absolute Gasteiger partial charge is 0.236 e. The van der Waals surface area contributed by atoms with E-state index in [2.05, 4.69) is 10.1 Å². The van der Waals surface area contributed by atoms with Gasteiger partial charge in [-0.3, -0.25) is 0 Å². The van der Waals surface area contributed by atoms with E-state index >= 15 is 0 Å². The molecule has 0 saturated heterocycles. The van der Waals surface area contributed by atoms with Crippen LogP contribution in [0.25, 0.3) is 11.9 Å². The van der Waals surface area contributed by atoms with Crippen molar-refractivity contribution in [3.05, 3.63) is 54.0 Å². The summed E-state index contributed by atoms with van der Waals surface area (Å²) in [6.07, 6.45) is 6.86. The van der Waals surface area contributed by atoms with Crippen LogP contribution < -0.4 is 0 Å². The topological polar surface area (TPSA) is 64.8 Å². The van der Waals surface area contributed by atoms with Crippen LogP contribution >= 0.6 is 0 Å². The predicted molar refractivity (Wildman–Crippen MR) is 117 cm³/mol. The molecule has 2 heterocycles. The van der Waals surface area contributed by atoms with Gasteiger partial charge >= 0.3 is 0 Å². The fourth-order valence-electron chi connectivity index (χ4n) is 1.71. The third kappa shape index (κ3) is 10.1. The molecule has 2 aromatic heterocycles. The highest BCUT2D eigenvalue weighted by Gasteiger charge is 2.16. The number of pyridine rings is 1. The zero-order chi connectivity index (χ0) is 23.0. The first-order valence-electron chi connectivity index (χ1n) is 9.49. The van der Waals surface area contributed by atoms with Gasteiger partial charge in [-0.25, -0.2) is 26.9 Å². The molecule has 0 N–H and O–H groups in total. The van der Waals surface area contributed by atoms with Crippen LogP contribution in [0.3, 0.4) is 0 Å². The molecule has 8 heteroatoms. The van der Waals surface area contributed by atoms with E-state index in [9.17, 15) is 17.2 Å². The lowest BCUT2D eigenvalue weighted by Gasteiger charge is -2.04. The highest BCUT2D eigenvalue weighted by Crippen LogP contribution is 2.21. The van der Waals surface area contributed by atoms with E-state index in [1.165, 1.54) is 29.1 Å². The molecule has 0 bridgehead atoms. The summed E-state index contributed by atoms with van der Waals surface area (Å²) >= 11 is 0. The Balaban J connectivity index is 0. The summed E-state index contributed by atoms with van der Waals surface area (Å²) in [6.45, 7) is 13.7. The summed E-state index contributed by atoms with van der Waals surface area (Å²) in [4.78, 5) is 4.03. The summed E-state index contributed by atoms with van der Waals surface area (Å²) in [6, 6.07) is 4.04. The molecule has 29 heavy (non-hydrogen) atoms. The molecule has 5 nitrogen and oxygen atoms in total. The quantitative estimate of drug-likeness (QED) is 0.537. The third-order valence-electron chi connectivity index (χ3n) is 3.02. The molecule has 0 radical (unpaired) electrons. The molecule has 0 unspecified atom stereocenters. The number of sulfone groups is 1. The lowest BCUT2D eigenvalue weighted by molar-refractivity contribution is 0.145. The standard InChI is InChI=1S/C13H13F2N3O2S.C4H8.2C2H6/c1-3-4-9-7-11(13(14)15)17-18(9)12-6-5-10(8-16-12)21(2,19)20;1-3-4-2;2*1-2/h3-8,13H,1-2H3;3-4H,1-2H3;2*1-2H3/b4-3+;4-3-;;. The number of hydrogen-bond donors (Lipinski definition) is 0. The number of aromatic nitrogens is 3. The molecule has 0 aromatic carbocycles. The minimum atomic E-state index is -3.36. The maximum atomic E-state index is 12.7. The van der Waals surface area contributed by atoms with Gasteiger partial charge in [-0.05, 0) is 45.0 Å². The van der Waals surface area contributed by atoms with Crippen molar-refractivity contribution >= 4 is 15.9 Å². The summed E-state index contributed by atoms with van der Waals surface area (Å²) in [7, 11) is -3.36. The van der Waals surface area contributed by atoms with Crippen LogP contribution in [-0.4, -0.2) is 29.4 Å². The fourth-order valence-corrected chi connectivity index (χ4v) is 2.27. The van der Waals surface area contributed by atoms with Crippen LogP contribution in [0.4, 0.5) is 8.78 Å². The maximum Gasteiger partial charge on any atom is 0.282 e. The molecule has 2 rings (SSSR count). The SMILES string of the molecule is C/C=C/c1cc(C(F)F)nn1-c1ccc(S(C)(=O)=O)cn1.C/C=C\C.CC.CC. The zero-order valence-electron chi connectivity index (χ0n) is 18.5. The molecule has 0 fully saturated rings. The van der Waals surface area contributed by atoms with Crippen molar-refractivity contribution in [3.8, 4) is 5.82 Å². The van der Waals surface area contributed by atoms with E-state index in [0.717, 1.165) is 6.26 Å². The monoisotopic (exact) mass is 429 g/mol. The Morgan fingerprint density at radius 1 is 1.00 bits per heavy atom. The number of rotatable bonds is 4. The number of halogens is 2. The molecule has 0 aliphatic heterocycles. The molecule has 164 valence electrons. The van der Waals surface area contributed by atoms with E-state index in [4.69, 9.17) is 0 Å². The summed E-state index contributed by atoms with van der Waals surface area (Å²) in [5, 5.41) is 3.79. The molecular weight excluding hydrogens is 396 g/mol. The average molecular weight is 430 g/mol. The van der Waals surface area contributed by atoms with E-state index in [-0.39, 0.29) is 16.4 Å². The molecule has 0 spiro atoms. The number of allylic oxidation sites excluding steroid dienone is 3. The Morgan fingerprint density at radius 2 is 1.55 bits per heavy atom. The van der Waals surface area contributed by atoms with Crippen molar-refractivity contribution in [2.45, 2.75) is 59.8 Å². The van der Waals surface area contributed by atoms with Crippen molar-refractivity contribution in [3.63, 3.8) is 0 Å². The van der Waals surface area contributed by atoms with Crippen molar-refractivity contribution in [1.29, 1.82) is 0 Å². The maximum absolute atomic E-state index is 12.7. The average Bonchev–Trinajstić information content (AvgIpc) is 3.15. The van der Waals surface area contributed by atoms with Gasteiger partial charge in [0.25, 0.3) is 6.43 Å². The molecule has 2 aromatic rings. The highest BCUT2D eigenvalue weighted by atomic mass is 32.2. The van der Waals surface area contributed by atoms with Gasteiger partial charge < -0.3 is 0 Å². The van der Waals surface area contributed by atoms with Gasteiger partial charge in [-0.2, -0.15) is 5.10 Å². The van der Waals surface area contributed by atoms with Gasteiger partial charge in [0.05, 0.1) is 10.6 Å². The summed E-state index contributed by atoms with van der Waals surface area (Å²) < 4.78 is 49.5. The predicted octanol–water partition coefficient (Wildman–Crippen LogP) is 6.28. The Bertz CT molecular complexity index is 837. The van der Waals surface area contributed by atoms with Gasteiger partial charge in [0.15, 0.2) is 15.7 Å². The second-order valence-electron chi connectivity index (χ2n) is 5.00. The van der Waals surface area contributed by atoms with Crippen LogP contribution in [-0.2, 0) is 9.84 Å². The van der Waals surface area contributed by atoms with E-state index < -0.39 is 16.3 Å². The first-order chi connectivity index (χ1) is 13.7. The normalized spacial score (nSPS) is 10.7. The second kappa shape index (κ2) is 15.6. The number of hydrogen-bond acceptors (Lipinski definition) is 4. The zero-order valence-corrected chi connectivity index (χ0v) is 19.3. The van der Waals surface area contributed by atoms with Crippen LogP contribution in [0.1, 0.15) is 66.3 Å². The van der Waals surface area contributed by atoms with E-state index in [0.29, 0.717) is 5.69 Å². The largest absolute Gasteiger partial charge is 0.282 e. The Labute approximate surface area is 174 Å². The summed E-state index contributed by atoms with van der Waals surface area (Å²) in [5.74, 6) is 0.266. The third-order valence-corrected chi connectivity index (χ3v) is 4.11. The Kier molecular flexibility index (Phi) is 15.5. The van der Waals surface area contributed by atoms with Gasteiger partial charge in [-0.1, -0.05) is 45.9 Å². The first kappa shape index (κ1) is 28.9. The van der Waals surface area contributed by atoms with Gasteiger partial charge in [0.1, 0.15) is 5.69 Å². The fraction of sp³-hybridized carbons (Fsp3) is 0.429. The molecular formula is C21H33F2N3O2S. The lowest BCUT2D eigenvalue weighted by atomic mass is 10.3. The van der Waals surface area contributed by atoms with Crippen molar-refractivity contribution in [2.24, 2.45) is 0 Å². The molecule has 0 amide bonds. The van der Waals surface area contributed by atoms with Gasteiger partial charge in [0.2, 0.25) is 0 Å². The Hall–Kier alpha value is -2.35. The van der Waals surface area contributed by atoms with Gasteiger partial charge in [-0.15, -0.1) is 0 Å². The van der Waals surface area contributed by atoms with Crippen LogP contribution in [0.15, 0.2) is 47.5 Å². The minimum absolute atomic E-state index is 0.0556. The van der Waals surface area contributed by atoms with E-state index in [1.54, 1.807) is 19.1 Å². The lowest BCUT2D eigenvalue weighted by Crippen LogP contribution is -2.04. The van der Waals surface area contributed by atoms with Crippen LogP contribution in [0, 0.1) is 0 Å². The van der Waals surface area contributed by atoms with Crippen molar-refractivity contribution in [1.82, 2.24) is 14.8 Å². The molecule has 0 atom stereocenters. The summed E-state index contributed by atoms with van der Waals surface area (Å²) in [5.41, 5.74) is 0.0736. The molecule has 0 aliphatic rings. The van der Waals surface area contributed by atoms with Crippen LogP contribution in [0.5, 0.6) is 0 Å². The van der Waals surface area contributed by atoms with Crippen molar-refractivity contribution in [2.75, 3.05) is 6.26 Å². The second-order valence-corrected chi connectivity index (χ2v) is 7.01. The molecule has 0 saturated carbocycles. The van der Waals surface area contributed by atoms with E-state index in [1.807, 2.05) is 53.7 Å². The Morgan fingerprint density at radius 3 is 1.90 bits per heavy atom. The van der Waals surface area contributed by atoms with Crippen molar-refractivity contribution < 1.29 is 17.2 Å². The van der Waals surface area contributed by atoms with Gasteiger partial charge in [0, 0.05) is 12.5 Å². The first-order valence-corrected chi connectivity index (χ1v) is 11.4. The number of nitrogens with zero attached hydrogens (tertiary/aromatic N) is 3. The van der Waals surface area contributed by atoms with Crippen LogP contribution in [0.2, 0.25) is 0 Å². The highest BCUT2D eigenvalue weighted by molar-refractivity contribution is 7.90. The molecule has 0 aliphatic carbocycles.